The summed E-state index contributed by atoms with van der Waals surface area (Å²) in [4.78, 5) is 12.8. The van der Waals surface area contributed by atoms with E-state index in [0.717, 1.165) is 27.7 Å². The second kappa shape index (κ2) is 3.85. The number of benzene rings is 2. The summed E-state index contributed by atoms with van der Waals surface area (Å²) in [5.41, 5.74) is 5.12. The molecular formula is C19H17NO. The minimum Gasteiger partial charge on any atom is -0.276 e. The zero-order valence-electron chi connectivity index (χ0n) is 12.5. The largest absolute Gasteiger partial charge is 0.276 e. The molecule has 2 heteroatoms. The van der Waals surface area contributed by atoms with E-state index in [0.29, 0.717) is 0 Å². The molecule has 0 fully saturated rings. The van der Waals surface area contributed by atoms with Gasteiger partial charge in [-0.05, 0) is 29.2 Å². The van der Waals surface area contributed by atoms with Crippen LogP contribution in [0.2, 0.25) is 0 Å². The maximum absolute atomic E-state index is 12.8. The van der Waals surface area contributed by atoms with Gasteiger partial charge in [0.2, 0.25) is 0 Å². The Bertz CT molecular complexity index is 894. The van der Waals surface area contributed by atoms with Crippen LogP contribution in [0, 0.1) is 0 Å². The highest BCUT2D eigenvalue weighted by molar-refractivity contribution is 6.14. The van der Waals surface area contributed by atoms with Crippen molar-refractivity contribution in [2.24, 2.45) is 0 Å². The van der Waals surface area contributed by atoms with E-state index in [1.807, 2.05) is 22.8 Å². The lowest BCUT2D eigenvalue weighted by Crippen LogP contribution is -2.12. The highest BCUT2D eigenvalue weighted by Gasteiger charge is 2.29. The fourth-order valence-corrected chi connectivity index (χ4v) is 3.10. The molecule has 2 aromatic carbocycles. The third kappa shape index (κ3) is 1.62. The summed E-state index contributed by atoms with van der Waals surface area (Å²) in [5, 5.41) is 1.12. The number of para-hydroxylation sites is 1. The molecule has 0 bridgehead atoms. The van der Waals surface area contributed by atoms with Crippen molar-refractivity contribution >= 4 is 16.8 Å². The summed E-state index contributed by atoms with van der Waals surface area (Å²) in [6.45, 7) is 6.51. The van der Waals surface area contributed by atoms with Gasteiger partial charge in [-0.25, -0.2) is 0 Å². The van der Waals surface area contributed by atoms with Crippen molar-refractivity contribution < 1.29 is 4.79 Å². The molecule has 0 N–H and O–H groups in total. The maximum Gasteiger partial charge on any atom is 0.263 e. The molecule has 0 aliphatic carbocycles. The predicted molar refractivity (Wildman–Crippen MR) is 85.8 cm³/mol. The highest BCUT2D eigenvalue weighted by Crippen LogP contribution is 2.38. The highest BCUT2D eigenvalue weighted by atomic mass is 16.2. The Hall–Kier alpha value is -2.35. The van der Waals surface area contributed by atoms with Gasteiger partial charge in [-0.2, -0.15) is 0 Å². The lowest BCUT2D eigenvalue weighted by atomic mass is 9.85. The average molecular weight is 275 g/mol. The van der Waals surface area contributed by atoms with Crippen molar-refractivity contribution in [3.8, 4) is 11.3 Å². The zero-order chi connectivity index (χ0) is 14.8. The van der Waals surface area contributed by atoms with Gasteiger partial charge in [-0.3, -0.25) is 9.36 Å². The van der Waals surface area contributed by atoms with E-state index < -0.39 is 0 Å². The molecule has 21 heavy (non-hydrogen) atoms. The van der Waals surface area contributed by atoms with Crippen molar-refractivity contribution in [1.29, 1.82) is 0 Å². The van der Waals surface area contributed by atoms with Crippen molar-refractivity contribution in [2.45, 2.75) is 26.2 Å². The minimum absolute atomic E-state index is 0.0502. The molecule has 3 aromatic rings. The Morgan fingerprint density at radius 1 is 0.905 bits per heavy atom. The molecular weight excluding hydrogens is 258 g/mol. The van der Waals surface area contributed by atoms with E-state index in [1.54, 1.807) is 0 Å². The van der Waals surface area contributed by atoms with E-state index in [1.165, 1.54) is 5.56 Å². The Morgan fingerprint density at radius 3 is 2.43 bits per heavy atom. The van der Waals surface area contributed by atoms with E-state index in [4.69, 9.17) is 0 Å². The molecule has 0 saturated carbocycles. The maximum atomic E-state index is 12.8. The summed E-state index contributed by atoms with van der Waals surface area (Å²) < 4.78 is 1.84. The van der Waals surface area contributed by atoms with Gasteiger partial charge < -0.3 is 0 Å². The molecule has 0 unspecified atom stereocenters. The first-order valence-corrected chi connectivity index (χ1v) is 7.27. The first-order valence-electron chi connectivity index (χ1n) is 7.27. The van der Waals surface area contributed by atoms with Crippen LogP contribution >= 0.6 is 0 Å². The van der Waals surface area contributed by atoms with Gasteiger partial charge in [-0.15, -0.1) is 0 Å². The predicted octanol–water partition coefficient (Wildman–Crippen LogP) is 4.61. The SMILES string of the molecule is CC(C)(C)c1ccc2c(c1)C(=O)n1c-2cc2ccccc21. The second-order valence-electron chi connectivity index (χ2n) is 6.74. The van der Waals surface area contributed by atoms with Crippen LogP contribution in [0.4, 0.5) is 0 Å². The summed E-state index contributed by atoms with van der Waals surface area (Å²) in [5.74, 6) is 0.0901. The number of hydrogen-bond acceptors (Lipinski definition) is 1. The molecule has 2 heterocycles. The number of aromatic nitrogens is 1. The zero-order valence-corrected chi connectivity index (χ0v) is 12.5. The third-order valence-electron chi connectivity index (χ3n) is 4.31. The number of carbonyl (C=O) groups excluding carboxylic acids is 1. The number of fused-ring (bicyclic) bond motifs is 5. The van der Waals surface area contributed by atoms with E-state index in [-0.39, 0.29) is 11.3 Å². The van der Waals surface area contributed by atoms with Crippen LogP contribution < -0.4 is 0 Å². The topological polar surface area (TPSA) is 22.0 Å². The van der Waals surface area contributed by atoms with Crippen LogP contribution in [-0.2, 0) is 5.41 Å². The number of rotatable bonds is 0. The molecule has 104 valence electrons. The van der Waals surface area contributed by atoms with Gasteiger partial charge in [0.1, 0.15) is 0 Å². The number of carbonyl (C=O) groups is 1. The summed E-state index contributed by atoms with van der Waals surface area (Å²) >= 11 is 0. The van der Waals surface area contributed by atoms with Crippen molar-refractivity contribution in [3.63, 3.8) is 0 Å². The summed E-state index contributed by atoms with van der Waals surface area (Å²) in [6, 6.07) is 16.4. The first kappa shape index (κ1) is 12.4. The van der Waals surface area contributed by atoms with Gasteiger partial charge in [0.25, 0.3) is 5.91 Å². The Balaban J connectivity index is 2.00. The quantitative estimate of drug-likeness (QED) is 0.459. The van der Waals surface area contributed by atoms with Crippen LogP contribution in [-0.4, -0.2) is 10.5 Å². The Kier molecular flexibility index (Phi) is 2.27. The van der Waals surface area contributed by atoms with Crippen molar-refractivity contribution in [1.82, 2.24) is 4.57 Å². The lowest BCUT2D eigenvalue weighted by Gasteiger charge is -2.19. The fraction of sp³-hybridized carbons (Fsp3) is 0.211. The molecule has 0 saturated heterocycles. The average Bonchev–Trinajstić information content (AvgIpc) is 2.95. The lowest BCUT2D eigenvalue weighted by molar-refractivity contribution is 0.0973. The third-order valence-corrected chi connectivity index (χ3v) is 4.31. The van der Waals surface area contributed by atoms with Crippen LogP contribution in [0.15, 0.2) is 48.5 Å². The van der Waals surface area contributed by atoms with Crippen LogP contribution in [0.5, 0.6) is 0 Å². The molecule has 1 aliphatic rings. The van der Waals surface area contributed by atoms with Gasteiger partial charge in [0, 0.05) is 16.5 Å². The van der Waals surface area contributed by atoms with Crippen LogP contribution in [0.3, 0.4) is 0 Å². The molecule has 1 aromatic heterocycles. The second-order valence-corrected chi connectivity index (χ2v) is 6.74. The van der Waals surface area contributed by atoms with Gasteiger partial charge in [0.15, 0.2) is 0 Å². The molecule has 0 radical (unpaired) electrons. The first-order chi connectivity index (χ1) is 9.97. The molecule has 0 atom stereocenters. The van der Waals surface area contributed by atoms with Crippen molar-refractivity contribution in [2.75, 3.05) is 0 Å². The van der Waals surface area contributed by atoms with Gasteiger partial charge in [0.05, 0.1) is 11.2 Å². The van der Waals surface area contributed by atoms with Crippen LogP contribution in [0.25, 0.3) is 22.2 Å². The van der Waals surface area contributed by atoms with Gasteiger partial charge >= 0.3 is 0 Å². The molecule has 1 aliphatic heterocycles. The smallest absolute Gasteiger partial charge is 0.263 e. The molecule has 0 amide bonds. The number of nitrogens with zero attached hydrogens (tertiary/aromatic N) is 1. The Labute approximate surface area is 124 Å². The van der Waals surface area contributed by atoms with E-state index >= 15 is 0 Å². The van der Waals surface area contributed by atoms with Crippen molar-refractivity contribution in [3.05, 3.63) is 59.7 Å². The molecule has 2 nitrogen and oxygen atoms in total. The Morgan fingerprint density at radius 2 is 1.67 bits per heavy atom. The summed E-state index contributed by atoms with van der Waals surface area (Å²) in [7, 11) is 0. The molecule has 4 rings (SSSR count). The van der Waals surface area contributed by atoms with E-state index in [2.05, 4.69) is 51.1 Å². The fourth-order valence-electron chi connectivity index (χ4n) is 3.10. The normalized spacial score (nSPS) is 13.6. The van der Waals surface area contributed by atoms with Crippen LogP contribution in [0.1, 0.15) is 36.7 Å². The monoisotopic (exact) mass is 275 g/mol. The number of hydrogen-bond donors (Lipinski definition) is 0. The standard InChI is InChI=1S/C19H17NO/c1-19(2,3)13-8-9-14-15(11-13)18(21)20-16-7-5-4-6-12(16)10-17(14)20/h4-11H,1-3H3. The molecule has 0 spiro atoms. The van der Waals surface area contributed by atoms with Gasteiger partial charge in [-0.1, -0.05) is 51.1 Å². The minimum atomic E-state index is 0.0502. The summed E-state index contributed by atoms with van der Waals surface area (Å²) in [6.07, 6.45) is 0. The van der Waals surface area contributed by atoms with E-state index in [9.17, 15) is 4.79 Å².